The number of hydrogen-bond acceptors (Lipinski definition) is 3. The largest absolute Gasteiger partial charge is 0.476 e. The SMILES string of the molecule is CC(C)NC(=O)N1CCc2c(C(=O)O)n[nH]c2C1. The molecule has 0 aromatic carbocycles. The van der Waals surface area contributed by atoms with Gasteiger partial charge in [-0.1, -0.05) is 0 Å². The van der Waals surface area contributed by atoms with Crippen LogP contribution < -0.4 is 5.32 Å². The fourth-order valence-electron chi connectivity index (χ4n) is 2.01. The van der Waals surface area contributed by atoms with Crippen LogP contribution in [0.25, 0.3) is 0 Å². The number of H-pyrrole nitrogens is 1. The fourth-order valence-corrected chi connectivity index (χ4v) is 2.01. The predicted octanol–water partition coefficient (Wildman–Crippen LogP) is 0.584. The lowest BCUT2D eigenvalue weighted by Crippen LogP contribution is -2.45. The van der Waals surface area contributed by atoms with E-state index in [0.29, 0.717) is 30.8 Å². The van der Waals surface area contributed by atoms with Crippen LogP contribution in [-0.2, 0) is 13.0 Å². The number of aromatic carboxylic acids is 1. The monoisotopic (exact) mass is 252 g/mol. The fraction of sp³-hybridized carbons (Fsp3) is 0.545. The van der Waals surface area contributed by atoms with Crippen molar-refractivity contribution >= 4 is 12.0 Å². The summed E-state index contributed by atoms with van der Waals surface area (Å²) in [6.45, 7) is 4.66. The Morgan fingerprint density at radius 2 is 2.22 bits per heavy atom. The summed E-state index contributed by atoms with van der Waals surface area (Å²) in [5.74, 6) is -1.03. The molecule has 0 radical (unpaired) electrons. The lowest BCUT2D eigenvalue weighted by Gasteiger charge is -2.27. The molecule has 7 nitrogen and oxygen atoms in total. The van der Waals surface area contributed by atoms with Gasteiger partial charge in [-0.3, -0.25) is 5.10 Å². The van der Waals surface area contributed by atoms with Crippen LogP contribution >= 0.6 is 0 Å². The van der Waals surface area contributed by atoms with Crippen LogP contribution in [0.5, 0.6) is 0 Å². The highest BCUT2D eigenvalue weighted by Gasteiger charge is 2.27. The maximum absolute atomic E-state index is 11.8. The topological polar surface area (TPSA) is 98.3 Å². The highest BCUT2D eigenvalue weighted by molar-refractivity contribution is 5.87. The first-order valence-corrected chi connectivity index (χ1v) is 5.84. The van der Waals surface area contributed by atoms with Crippen LogP contribution in [0.3, 0.4) is 0 Å². The lowest BCUT2D eigenvalue weighted by molar-refractivity contribution is 0.0689. The molecule has 1 aromatic rings. The van der Waals surface area contributed by atoms with Crippen LogP contribution in [0, 0.1) is 0 Å². The molecule has 18 heavy (non-hydrogen) atoms. The normalized spacial score (nSPS) is 14.5. The molecule has 2 amide bonds. The number of urea groups is 1. The molecule has 0 saturated heterocycles. The first-order valence-electron chi connectivity index (χ1n) is 5.84. The van der Waals surface area contributed by atoms with Crippen molar-refractivity contribution in [3.8, 4) is 0 Å². The number of nitrogens with zero attached hydrogens (tertiary/aromatic N) is 2. The summed E-state index contributed by atoms with van der Waals surface area (Å²) in [6, 6.07) is -0.0580. The van der Waals surface area contributed by atoms with Crippen LogP contribution in [0.2, 0.25) is 0 Å². The Bertz CT molecular complexity index is 481. The Hall–Kier alpha value is -2.05. The molecular formula is C11H16N4O3. The number of hydrogen-bond donors (Lipinski definition) is 3. The number of amides is 2. The molecule has 3 N–H and O–H groups in total. The van der Waals surface area contributed by atoms with Gasteiger partial charge in [0.2, 0.25) is 0 Å². The van der Waals surface area contributed by atoms with Crippen LogP contribution in [0.4, 0.5) is 4.79 Å². The van der Waals surface area contributed by atoms with Crippen LogP contribution in [0.15, 0.2) is 0 Å². The average molecular weight is 252 g/mol. The van der Waals surface area contributed by atoms with Gasteiger partial charge < -0.3 is 15.3 Å². The van der Waals surface area contributed by atoms with E-state index in [-0.39, 0.29) is 17.8 Å². The lowest BCUT2D eigenvalue weighted by atomic mass is 10.0. The van der Waals surface area contributed by atoms with Gasteiger partial charge >= 0.3 is 12.0 Å². The number of aromatic amines is 1. The minimum atomic E-state index is -1.03. The van der Waals surface area contributed by atoms with Gasteiger partial charge in [-0.25, -0.2) is 9.59 Å². The van der Waals surface area contributed by atoms with E-state index < -0.39 is 5.97 Å². The molecule has 98 valence electrons. The third-order valence-corrected chi connectivity index (χ3v) is 2.84. The van der Waals surface area contributed by atoms with Crippen molar-refractivity contribution < 1.29 is 14.7 Å². The van der Waals surface area contributed by atoms with Crippen molar-refractivity contribution in [1.82, 2.24) is 20.4 Å². The number of nitrogens with one attached hydrogen (secondary N) is 2. The number of rotatable bonds is 2. The second-order valence-corrected chi connectivity index (χ2v) is 4.61. The van der Waals surface area contributed by atoms with E-state index in [1.807, 2.05) is 13.8 Å². The molecule has 0 aliphatic carbocycles. The van der Waals surface area contributed by atoms with E-state index in [1.165, 1.54) is 0 Å². The molecule has 1 aromatic heterocycles. The number of carboxylic acid groups (broad SMARTS) is 1. The zero-order valence-electron chi connectivity index (χ0n) is 10.4. The van der Waals surface area contributed by atoms with Crippen LogP contribution in [0.1, 0.15) is 35.6 Å². The number of carboxylic acids is 1. The average Bonchev–Trinajstić information content (AvgIpc) is 2.70. The number of carbonyl (C=O) groups is 2. The van der Waals surface area contributed by atoms with Crippen molar-refractivity contribution in [2.45, 2.75) is 32.9 Å². The number of carbonyl (C=O) groups excluding carboxylic acids is 1. The summed E-state index contributed by atoms with van der Waals surface area (Å²) >= 11 is 0. The third kappa shape index (κ3) is 2.29. The molecule has 0 fully saturated rings. The van der Waals surface area contributed by atoms with Crippen LogP contribution in [-0.4, -0.2) is 44.8 Å². The molecular weight excluding hydrogens is 236 g/mol. The van der Waals surface area contributed by atoms with Gasteiger partial charge in [0.1, 0.15) is 0 Å². The Morgan fingerprint density at radius 3 is 2.83 bits per heavy atom. The summed E-state index contributed by atoms with van der Waals surface area (Å²) in [6.07, 6.45) is 0.513. The van der Waals surface area contributed by atoms with Gasteiger partial charge in [0.15, 0.2) is 5.69 Å². The summed E-state index contributed by atoms with van der Waals surface area (Å²) < 4.78 is 0. The van der Waals surface area contributed by atoms with Gasteiger partial charge in [0, 0.05) is 18.2 Å². The first kappa shape index (κ1) is 12.4. The summed E-state index contributed by atoms with van der Waals surface area (Å²) in [7, 11) is 0. The second kappa shape index (κ2) is 4.67. The highest BCUT2D eigenvalue weighted by atomic mass is 16.4. The zero-order chi connectivity index (χ0) is 13.3. The van der Waals surface area contributed by atoms with E-state index >= 15 is 0 Å². The second-order valence-electron chi connectivity index (χ2n) is 4.61. The van der Waals surface area contributed by atoms with Crippen molar-refractivity contribution in [2.24, 2.45) is 0 Å². The standard InChI is InChI=1S/C11H16N4O3/c1-6(2)12-11(18)15-4-3-7-8(5-15)13-14-9(7)10(16)17/h6H,3-5H2,1-2H3,(H,12,18)(H,13,14)(H,16,17). The summed E-state index contributed by atoms with van der Waals surface area (Å²) in [5.41, 5.74) is 1.47. The van der Waals surface area contributed by atoms with E-state index in [1.54, 1.807) is 4.90 Å². The molecule has 1 aliphatic heterocycles. The van der Waals surface area contributed by atoms with Crippen molar-refractivity contribution in [2.75, 3.05) is 6.54 Å². The van der Waals surface area contributed by atoms with Gasteiger partial charge in [0.05, 0.1) is 12.2 Å². The van der Waals surface area contributed by atoms with Gasteiger partial charge in [-0.05, 0) is 20.3 Å². The van der Waals surface area contributed by atoms with E-state index in [4.69, 9.17) is 5.11 Å². The Balaban J connectivity index is 2.11. The summed E-state index contributed by atoms with van der Waals surface area (Å²) in [4.78, 5) is 24.4. The molecule has 0 saturated carbocycles. The van der Waals surface area contributed by atoms with Crippen molar-refractivity contribution in [3.63, 3.8) is 0 Å². The van der Waals surface area contributed by atoms with E-state index in [9.17, 15) is 9.59 Å². The van der Waals surface area contributed by atoms with Crippen molar-refractivity contribution in [1.29, 1.82) is 0 Å². The quantitative estimate of drug-likeness (QED) is 0.717. The van der Waals surface area contributed by atoms with Crippen molar-refractivity contribution in [3.05, 3.63) is 17.0 Å². The van der Waals surface area contributed by atoms with Gasteiger partial charge in [-0.15, -0.1) is 0 Å². The molecule has 0 bridgehead atoms. The van der Waals surface area contributed by atoms with Gasteiger partial charge in [-0.2, -0.15) is 5.10 Å². The first-order chi connectivity index (χ1) is 8.49. The predicted molar refractivity (Wildman–Crippen MR) is 63.3 cm³/mol. The maximum Gasteiger partial charge on any atom is 0.356 e. The Labute approximate surface area is 104 Å². The molecule has 0 atom stereocenters. The highest BCUT2D eigenvalue weighted by Crippen LogP contribution is 2.20. The Kier molecular flexibility index (Phi) is 3.22. The zero-order valence-corrected chi connectivity index (χ0v) is 10.4. The number of fused-ring (bicyclic) bond motifs is 1. The molecule has 0 spiro atoms. The smallest absolute Gasteiger partial charge is 0.356 e. The Morgan fingerprint density at radius 1 is 1.50 bits per heavy atom. The molecule has 2 heterocycles. The summed E-state index contributed by atoms with van der Waals surface area (Å²) in [5, 5.41) is 18.2. The van der Waals surface area contributed by atoms with E-state index in [0.717, 1.165) is 0 Å². The van der Waals surface area contributed by atoms with Gasteiger partial charge in [0.25, 0.3) is 0 Å². The minimum Gasteiger partial charge on any atom is -0.476 e. The molecule has 2 rings (SSSR count). The molecule has 7 heteroatoms. The van der Waals surface area contributed by atoms with E-state index in [2.05, 4.69) is 15.5 Å². The number of aromatic nitrogens is 2. The maximum atomic E-state index is 11.8. The molecule has 0 unspecified atom stereocenters. The molecule has 1 aliphatic rings. The minimum absolute atomic E-state index is 0.0638. The third-order valence-electron chi connectivity index (χ3n) is 2.84.